The molecular weight excluding hydrogens is 504 g/mol. The molecule has 168 valence electrons. The molecule has 3 aromatic rings. The van der Waals surface area contributed by atoms with E-state index < -0.39 is 5.97 Å². The Morgan fingerprint density at radius 1 is 1.22 bits per heavy atom. The van der Waals surface area contributed by atoms with Crippen molar-refractivity contribution in [2.24, 2.45) is 5.92 Å². The van der Waals surface area contributed by atoms with Crippen LogP contribution in [0.1, 0.15) is 12.8 Å². The van der Waals surface area contributed by atoms with Crippen LogP contribution in [0.5, 0.6) is 11.5 Å². The topological polar surface area (TPSA) is 95.2 Å². The molecule has 1 N–H and O–H groups in total. The molecule has 0 unspecified atom stereocenters. The predicted molar refractivity (Wildman–Crippen MR) is 123 cm³/mol. The van der Waals surface area contributed by atoms with E-state index in [4.69, 9.17) is 35.3 Å². The molecule has 32 heavy (non-hydrogen) atoms. The quantitative estimate of drug-likeness (QED) is 0.408. The van der Waals surface area contributed by atoms with Crippen LogP contribution >= 0.6 is 27.5 Å². The fourth-order valence-electron chi connectivity index (χ4n) is 3.55. The number of halogens is 2. The molecule has 1 fully saturated rings. The minimum Gasteiger partial charge on any atom is -0.495 e. The average molecular weight is 524 g/mol. The highest BCUT2D eigenvalue weighted by molar-refractivity contribution is 9.10. The van der Waals surface area contributed by atoms with E-state index in [1.54, 1.807) is 30.3 Å². The zero-order valence-electron chi connectivity index (χ0n) is 17.1. The molecule has 1 heterocycles. The molecule has 0 saturated heterocycles. The lowest BCUT2D eigenvalue weighted by molar-refractivity contribution is -0.151. The first-order valence-corrected chi connectivity index (χ1v) is 11.1. The third-order valence-corrected chi connectivity index (χ3v) is 6.28. The van der Waals surface area contributed by atoms with Gasteiger partial charge in [0.1, 0.15) is 23.9 Å². The van der Waals surface area contributed by atoms with Gasteiger partial charge in [-0.2, -0.15) is 0 Å². The van der Waals surface area contributed by atoms with Crippen molar-refractivity contribution >= 4 is 44.5 Å². The molecule has 1 aliphatic carbocycles. The summed E-state index contributed by atoms with van der Waals surface area (Å²) in [5.74, 6) is 0.183. The van der Waals surface area contributed by atoms with E-state index in [9.17, 15) is 9.59 Å². The fourth-order valence-corrected chi connectivity index (χ4v) is 4.27. The number of hydrogen-bond donors (Lipinski definition) is 1. The summed E-state index contributed by atoms with van der Waals surface area (Å²) in [5, 5.41) is 9.68. The van der Waals surface area contributed by atoms with Gasteiger partial charge in [-0.05, 0) is 47.0 Å². The standard InChI is InChI=1S/C23H20BrClO7/c1-29-21-11-19(31-6-5-30-13-7-12(8-13)23(27)28)15(9-16(21)24)20-10-18(26)14-3-2-4-17(25)22(14)32-20/h2-4,9-13H,5-8H2,1H3,(H,27,28). The molecule has 0 amide bonds. The number of carboxylic acids is 1. The van der Waals surface area contributed by atoms with Crippen LogP contribution in [0.25, 0.3) is 22.3 Å². The monoisotopic (exact) mass is 522 g/mol. The Balaban J connectivity index is 1.57. The highest BCUT2D eigenvalue weighted by Gasteiger charge is 2.35. The van der Waals surface area contributed by atoms with E-state index in [1.165, 1.54) is 13.2 Å². The normalized spacial score (nSPS) is 17.7. The molecular formula is C23H20BrClO7. The predicted octanol–water partition coefficient (Wildman–Crippen LogP) is 5.14. The minimum atomic E-state index is -0.787. The molecule has 7 nitrogen and oxygen atoms in total. The molecule has 2 aromatic carbocycles. The van der Waals surface area contributed by atoms with Crippen molar-refractivity contribution < 1.29 is 28.5 Å². The second-order valence-electron chi connectivity index (χ2n) is 7.42. The fraction of sp³-hybridized carbons (Fsp3) is 0.304. The van der Waals surface area contributed by atoms with Crippen molar-refractivity contribution in [3.05, 3.63) is 56.1 Å². The zero-order chi connectivity index (χ0) is 22.8. The third kappa shape index (κ3) is 4.62. The molecule has 1 aromatic heterocycles. The molecule has 0 spiro atoms. The van der Waals surface area contributed by atoms with E-state index in [2.05, 4.69) is 15.9 Å². The molecule has 4 rings (SSSR count). The Hall–Kier alpha value is -2.55. The van der Waals surface area contributed by atoms with Gasteiger partial charge in [0.25, 0.3) is 0 Å². The second-order valence-corrected chi connectivity index (χ2v) is 8.68. The zero-order valence-corrected chi connectivity index (χ0v) is 19.4. The van der Waals surface area contributed by atoms with Crippen molar-refractivity contribution in [2.75, 3.05) is 20.3 Å². The van der Waals surface area contributed by atoms with Gasteiger partial charge in [0.15, 0.2) is 11.0 Å². The lowest BCUT2D eigenvalue weighted by Crippen LogP contribution is -2.37. The number of rotatable bonds is 8. The van der Waals surface area contributed by atoms with Gasteiger partial charge < -0.3 is 23.7 Å². The summed E-state index contributed by atoms with van der Waals surface area (Å²) < 4.78 is 23.6. The maximum atomic E-state index is 12.6. The van der Waals surface area contributed by atoms with Crippen LogP contribution in [0, 0.1) is 5.92 Å². The Labute approximate surface area is 197 Å². The number of ether oxygens (including phenoxy) is 3. The van der Waals surface area contributed by atoms with E-state index >= 15 is 0 Å². The van der Waals surface area contributed by atoms with Crippen LogP contribution in [-0.4, -0.2) is 37.5 Å². The molecule has 1 saturated carbocycles. The number of carboxylic acid groups (broad SMARTS) is 1. The van der Waals surface area contributed by atoms with Gasteiger partial charge in [0.05, 0.1) is 46.2 Å². The third-order valence-electron chi connectivity index (χ3n) is 5.36. The van der Waals surface area contributed by atoms with Gasteiger partial charge in [0, 0.05) is 12.1 Å². The van der Waals surface area contributed by atoms with E-state index in [0.29, 0.717) is 62.7 Å². The lowest BCUT2D eigenvalue weighted by Gasteiger charge is -2.32. The highest BCUT2D eigenvalue weighted by atomic mass is 79.9. The van der Waals surface area contributed by atoms with Crippen LogP contribution in [0.15, 0.2) is 50.1 Å². The van der Waals surface area contributed by atoms with Crippen LogP contribution < -0.4 is 14.9 Å². The molecule has 9 heteroatoms. The van der Waals surface area contributed by atoms with Crippen molar-refractivity contribution in [3.63, 3.8) is 0 Å². The Morgan fingerprint density at radius 2 is 2.00 bits per heavy atom. The van der Waals surface area contributed by atoms with Crippen LogP contribution in [0.3, 0.4) is 0 Å². The maximum absolute atomic E-state index is 12.6. The van der Waals surface area contributed by atoms with Gasteiger partial charge in [-0.1, -0.05) is 17.7 Å². The molecule has 1 aliphatic rings. The number of hydrogen-bond acceptors (Lipinski definition) is 6. The van der Waals surface area contributed by atoms with Crippen molar-refractivity contribution in [3.8, 4) is 22.8 Å². The number of fused-ring (bicyclic) bond motifs is 1. The number of methoxy groups -OCH3 is 1. The molecule has 0 bridgehead atoms. The lowest BCUT2D eigenvalue weighted by atomic mass is 9.82. The Bertz CT molecular complexity index is 1220. The van der Waals surface area contributed by atoms with E-state index in [0.717, 1.165) is 0 Å². The summed E-state index contributed by atoms with van der Waals surface area (Å²) in [7, 11) is 1.54. The van der Waals surface area contributed by atoms with Gasteiger partial charge in [0.2, 0.25) is 0 Å². The largest absolute Gasteiger partial charge is 0.495 e. The van der Waals surface area contributed by atoms with Crippen molar-refractivity contribution in [1.29, 1.82) is 0 Å². The van der Waals surface area contributed by atoms with Crippen LogP contribution in [-0.2, 0) is 9.53 Å². The van der Waals surface area contributed by atoms with E-state index in [1.807, 2.05) is 0 Å². The van der Waals surface area contributed by atoms with Crippen molar-refractivity contribution in [1.82, 2.24) is 0 Å². The number of para-hydroxylation sites is 1. The van der Waals surface area contributed by atoms with Gasteiger partial charge in [-0.3, -0.25) is 9.59 Å². The Morgan fingerprint density at radius 3 is 2.72 bits per heavy atom. The number of benzene rings is 2. The summed E-state index contributed by atoms with van der Waals surface area (Å²) in [4.78, 5) is 23.5. The number of aliphatic carboxylic acids is 1. The summed E-state index contributed by atoms with van der Waals surface area (Å²) in [6.07, 6.45) is 0.949. The first-order valence-electron chi connectivity index (χ1n) is 9.95. The average Bonchev–Trinajstić information content (AvgIpc) is 2.73. The molecule has 0 atom stereocenters. The molecule has 0 radical (unpaired) electrons. The number of carbonyl (C=O) groups is 1. The van der Waals surface area contributed by atoms with Gasteiger partial charge in [-0.15, -0.1) is 0 Å². The Kier molecular flexibility index (Phi) is 6.74. The van der Waals surface area contributed by atoms with Crippen molar-refractivity contribution in [2.45, 2.75) is 18.9 Å². The summed E-state index contributed by atoms with van der Waals surface area (Å²) in [5.41, 5.74) is 0.630. The summed E-state index contributed by atoms with van der Waals surface area (Å²) >= 11 is 9.70. The van der Waals surface area contributed by atoms with Gasteiger partial charge >= 0.3 is 5.97 Å². The first kappa shape index (κ1) is 22.6. The molecule has 0 aliphatic heterocycles. The van der Waals surface area contributed by atoms with E-state index in [-0.39, 0.29) is 24.1 Å². The maximum Gasteiger partial charge on any atom is 0.306 e. The SMILES string of the molecule is COc1cc(OCCOC2CC(C(=O)O)C2)c(-c2cc(=O)c3cccc(Cl)c3o2)cc1Br. The second kappa shape index (κ2) is 9.52. The highest BCUT2D eigenvalue weighted by Crippen LogP contribution is 2.39. The van der Waals surface area contributed by atoms with Crippen LogP contribution in [0.2, 0.25) is 5.02 Å². The smallest absolute Gasteiger partial charge is 0.306 e. The first-order chi connectivity index (χ1) is 15.4. The van der Waals surface area contributed by atoms with Gasteiger partial charge in [-0.25, -0.2) is 0 Å². The van der Waals surface area contributed by atoms with Crippen LogP contribution in [0.4, 0.5) is 0 Å². The summed E-state index contributed by atoms with van der Waals surface area (Å²) in [6, 6.07) is 9.85. The summed E-state index contributed by atoms with van der Waals surface area (Å²) in [6.45, 7) is 0.521. The minimum absolute atomic E-state index is 0.0701.